The second kappa shape index (κ2) is 10.4. The van der Waals surface area contributed by atoms with Crippen molar-refractivity contribution in [3.63, 3.8) is 0 Å². The van der Waals surface area contributed by atoms with E-state index in [0.717, 1.165) is 5.56 Å². The first kappa shape index (κ1) is 20.7. The monoisotopic (exact) mass is 331 g/mol. The topological polar surface area (TPSA) is 78.8 Å². The summed E-state index contributed by atoms with van der Waals surface area (Å²) in [5.74, 6) is -0.526. The molecule has 0 saturated heterocycles. The first-order valence-corrected chi connectivity index (χ1v) is 7.24. The molecule has 0 aliphatic rings. The Bertz CT molecular complexity index is 436. The number of hydrogen-bond donors (Lipinski definition) is 3. The van der Waals surface area contributed by atoms with Gasteiger partial charge in [0.1, 0.15) is 18.5 Å². The number of nitrogens with one attached hydrogen (secondary N) is 1. The summed E-state index contributed by atoms with van der Waals surface area (Å²) in [6.07, 6.45) is -0.0598. The lowest BCUT2D eigenvalue weighted by atomic mass is 10.0. The van der Waals surface area contributed by atoms with Crippen LogP contribution in [-0.4, -0.2) is 41.5 Å². The summed E-state index contributed by atoms with van der Waals surface area (Å²) in [4.78, 5) is 10.8. The van der Waals surface area contributed by atoms with Crippen molar-refractivity contribution in [2.75, 3.05) is 13.2 Å². The van der Waals surface area contributed by atoms with Crippen molar-refractivity contribution in [2.24, 2.45) is 5.92 Å². The number of hydrogen-bond acceptors (Lipinski definition) is 4. The number of rotatable bonds is 9. The van der Waals surface area contributed by atoms with E-state index in [2.05, 4.69) is 5.32 Å². The van der Waals surface area contributed by atoms with Gasteiger partial charge in [-0.3, -0.25) is 4.79 Å². The number of aliphatic hydroxyl groups is 1. The Morgan fingerprint density at radius 1 is 1.23 bits per heavy atom. The Morgan fingerprint density at radius 2 is 1.82 bits per heavy atom. The molecule has 3 N–H and O–H groups in total. The zero-order chi connectivity index (χ0) is 15.8. The standard InChI is InChI=1S/C16H25NO4.ClH/c1-11(2)17-9-14(18)10-21-15-6-4-13(5-7-15)8-12(3)16(19)20;/h4-7,11-12,14,17-18H,8-10H2,1-3H3,(H,19,20);1H. The van der Waals surface area contributed by atoms with Gasteiger partial charge in [-0.1, -0.05) is 32.9 Å². The summed E-state index contributed by atoms with van der Waals surface area (Å²) in [5, 5.41) is 21.8. The molecular weight excluding hydrogens is 306 g/mol. The Balaban J connectivity index is 0.00000441. The second-order valence-corrected chi connectivity index (χ2v) is 5.62. The molecule has 2 unspecified atom stereocenters. The summed E-state index contributed by atoms with van der Waals surface area (Å²) in [7, 11) is 0. The van der Waals surface area contributed by atoms with Crippen molar-refractivity contribution in [1.82, 2.24) is 5.32 Å². The first-order chi connectivity index (χ1) is 9.88. The van der Waals surface area contributed by atoms with Crippen LogP contribution < -0.4 is 10.1 Å². The SMILES string of the molecule is CC(C)NCC(O)COc1ccc(CC(C)C(=O)O)cc1.Cl. The summed E-state index contributed by atoms with van der Waals surface area (Å²) in [6.45, 7) is 6.44. The smallest absolute Gasteiger partial charge is 0.306 e. The van der Waals surface area contributed by atoms with Crippen LogP contribution in [0.15, 0.2) is 24.3 Å². The summed E-state index contributed by atoms with van der Waals surface area (Å²) < 4.78 is 5.50. The largest absolute Gasteiger partial charge is 0.491 e. The van der Waals surface area contributed by atoms with Gasteiger partial charge in [-0.05, 0) is 24.1 Å². The molecule has 0 bridgehead atoms. The molecule has 0 amide bonds. The van der Waals surface area contributed by atoms with Crippen LogP contribution in [0.4, 0.5) is 0 Å². The Labute approximate surface area is 138 Å². The Morgan fingerprint density at radius 3 is 2.32 bits per heavy atom. The Kier molecular flexibility index (Phi) is 9.81. The molecule has 0 aliphatic heterocycles. The molecule has 0 spiro atoms. The van der Waals surface area contributed by atoms with Crippen LogP contribution in [0.3, 0.4) is 0 Å². The summed E-state index contributed by atoms with van der Waals surface area (Å²) >= 11 is 0. The van der Waals surface area contributed by atoms with Crippen molar-refractivity contribution >= 4 is 18.4 Å². The zero-order valence-electron chi connectivity index (χ0n) is 13.3. The highest BCUT2D eigenvalue weighted by Gasteiger charge is 2.11. The van der Waals surface area contributed by atoms with Gasteiger partial charge >= 0.3 is 5.97 Å². The van der Waals surface area contributed by atoms with Crippen molar-refractivity contribution in [2.45, 2.75) is 39.3 Å². The molecule has 126 valence electrons. The number of carbonyl (C=O) groups is 1. The minimum atomic E-state index is -0.795. The van der Waals surface area contributed by atoms with Crippen LogP contribution in [0.25, 0.3) is 0 Å². The van der Waals surface area contributed by atoms with Gasteiger partial charge < -0.3 is 20.3 Å². The van der Waals surface area contributed by atoms with E-state index in [1.807, 2.05) is 26.0 Å². The zero-order valence-corrected chi connectivity index (χ0v) is 14.1. The molecule has 5 nitrogen and oxygen atoms in total. The minimum absolute atomic E-state index is 0. The van der Waals surface area contributed by atoms with Gasteiger partial charge in [0.25, 0.3) is 0 Å². The molecule has 1 aromatic carbocycles. The maximum Gasteiger partial charge on any atom is 0.306 e. The van der Waals surface area contributed by atoms with Crippen molar-refractivity contribution in [3.8, 4) is 5.75 Å². The van der Waals surface area contributed by atoms with Gasteiger partial charge in [0, 0.05) is 12.6 Å². The molecule has 6 heteroatoms. The number of carboxylic acid groups (broad SMARTS) is 1. The summed E-state index contributed by atoms with van der Waals surface area (Å²) in [6, 6.07) is 7.63. The van der Waals surface area contributed by atoms with Crippen LogP contribution in [0, 0.1) is 5.92 Å². The molecule has 0 saturated carbocycles. The molecule has 0 heterocycles. The van der Waals surface area contributed by atoms with E-state index in [1.165, 1.54) is 0 Å². The number of aliphatic hydroxyl groups excluding tert-OH is 1. The van der Waals surface area contributed by atoms with Crippen LogP contribution in [0.2, 0.25) is 0 Å². The molecule has 1 aromatic rings. The van der Waals surface area contributed by atoms with Gasteiger partial charge in [-0.2, -0.15) is 0 Å². The first-order valence-electron chi connectivity index (χ1n) is 7.24. The van der Waals surface area contributed by atoms with E-state index in [4.69, 9.17) is 9.84 Å². The third-order valence-electron chi connectivity index (χ3n) is 3.09. The van der Waals surface area contributed by atoms with Gasteiger partial charge in [-0.25, -0.2) is 0 Å². The van der Waals surface area contributed by atoms with Crippen LogP contribution in [0.5, 0.6) is 5.75 Å². The predicted octanol–water partition coefficient (Wildman–Crippen LogP) is 2.11. The van der Waals surface area contributed by atoms with Crippen molar-refractivity contribution in [3.05, 3.63) is 29.8 Å². The van der Waals surface area contributed by atoms with E-state index < -0.39 is 18.0 Å². The third-order valence-corrected chi connectivity index (χ3v) is 3.09. The molecule has 0 radical (unpaired) electrons. The lowest BCUT2D eigenvalue weighted by molar-refractivity contribution is -0.141. The fraction of sp³-hybridized carbons (Fsp3) is 0.562. The number of aliphatic carboxylic acids is 1. The van der Waals surface area contributed by atoms with Crippen LogP contribution in [-0.2, 0) is 11.2 Å². The lowest BCUT2D eigenvalue weighted by Crippen LogP contribution is -2.35. The average molecular weight is 332 g/mol. The molecule has 1 rings (SSSR count). The van der Waals surface area contributed by atoms with E-state index >= 15 is 0 Å². The number of halogens is 1. The van der Waals surface area contributed by atoms with E-state index in [1.54, 1.807) is 19.1 Å². The van der Waals surface area contributed by atoms with Crippen LogP contribution in [0.1, 0.15) is 26.3 Å². The highest BCUT2D eigenvalue weighted by Crippen LogP contribution is 2.15. The maximum absolute atomic E-state index is 10.8. The number of ether oxygens (including phenoxy) is 1. The van der Waals surface area contributed by atoms with Gasteiger partial charge in [0.15, 0.2) is 0 Å². The average Bonchev–Trinajstić information content (AvgIpc) is 2.44. The molecule has 22 heavy (non-hydrogen) atoms. The number of benzene rings is 1. The van der Waals surface area contributed by atoms with Crippen LogP contribution >= 0.6 is 12.4 Å². The third kappa shape index (κ3) is 8.22. The van der Waals surface area contributed by atoms with E-state index in [-0.39, 0.29) is 19.0 Å². The normalized spacial score (nSPS) is 13.3. The fourth-order valence-corrected chi connectivity index (χ4v) is 1.79. The molecule has 0 aromatic heterocycles. The lowest BCUT2D eigenvalue weighted by Gasteiger charge is -2.15. The summed E-state index contributed by atoms with van der Waals surface area (Å²) in [5.41, 5.74) is 0.958. The van der Waals surface area contributed by atoms with Crippen molar-refractivity contribution < 1.29 is 19.7 Å². The minimum Gasteiger partial charge on any atom is -0.491 e. The fourth-order valence-electron chi connectivity index (χ4n) is 1.79. The van der Waals surface area contributed by atoms with Gasteiger partial charge in [0.2, 0.25) is 0 Å². The quantitative estimate of drug-likeness (QED) is 0.646. The maximum atomic E-state index is 10.8. The highest BCUT2D eigenvalue weighted by atomic mass is 35.5. The molecule has 0 aliphatic carbocycles. The molecule has 0 fully saturated rings. The number of carboxylic acids is 1. The van der Waals surface area contributed by atoms with E-state index in [0.29, 0.717) is 24.8 Å². The van der Waals surface area contributed by atoms with Crippen molar-refractivity contribution in [1.29, 1.82) is 0 Å². The van der Waals surface area contributed by atoms with Gasteiger partial charge in [-0.15, -0.1) is 12.4 Å². The predicted molar refractivity (Wildman–Crippen MR) is 88.8 cm³/mol. The van der Waals surface area contributed by atoms with E-state index in [9.17, 15) is 9.90 Å². The Hall–Kier alpha value is -1.30. The molecule has 2 atom stereocenters. The van der Waals surface area contributed by atoms with Gasteiger partial charge in [0.05, 0.1) is 5.92 Å². The molecular formula is C16H26ClNO4. The highest BCUT2D eigenvalue weighted by molar-refractivity contribution is 5.85. The second-order valence-electron chi connectivity index (χ2n) is 5.62.